The van der Waals surface area contributed by atoms with Crippen LogP contribution in [0.15, 0.2) is 24.3 Å². The maximum absolute atomic E-state index is 12.3. The van der Waals surface area contributed by atoms with Crippen molar-refractivity contribution in [1.82, 2.24) is 10.2 Å². The molecule has 2 aliphatic rings. The average molecular weight is 302 g/mol. The molecule has 2 fully saturated rings. The third-order valence-electron chi connectivity index (χ3n) is 4.44. The van der Waals surface area contributed by atoms with Crippen LogP contribution in [0.25, 0.3) is 0 Å². The highest BCUT2D eigenvalue weighted by Crippen LogP contribution is 2.48. The zero-order chi connectivity index (χ0) is 15.7. The van der Waals surface area contributed by atoms with Gasteiger partial charge in [0.2, 0.25) is 5.91 Å². The van der Waals surface area contributed by atoms with Gasteiger partial charge in [0.05, 0.1) is 6.54 Å². The number of hydrogen-bond acceptors (Lipinski definition) is 3. The van der Waals surface area contributed by atoms with Crippen molar-refractivity contribution < 1.29 is 14.3 Å². The zero-order valence-electron chi connectivity index (χ0n) is 13.0. The van der Waals surface area contributed by atoms with Crippen LogP contribution in [0.3, 0.4) is 0 Å². The number of rotatable bonds is 5. The number of hydrogen-bond donors (Lipinski definition) is 1. The molecular formula is C17H22N2O3. The van der Waals surface area contributed by atoms with Gasteiger partial charge in [0.15, 0.2) is 0 Å². The Hall–Kier alpha value is -2.04. The molecule has 1 aromatic carbocycles. The zero-order valence-corrected chi connectivity index (χ0v) is 13.0. The Bertz CT molecular complexity index is 587. The molecule has 1 N–H and O–H groups in total. The van der Waals surface area contributed by atoms with E-state index in [-0.39, 0.29) is 24.0 Å². The number of nitrogens with zero attached hydrogens (tertiary/aromatic N) is 1. The number of ether oxygens (including phenoxy) is 1. The van der Waals surface area contributed by atoms with Crippen LogP contribution in [0.2, 0.25) is 0 Å². The van der Waals surface area contributed by atoms with E-state index >= 15 is 0 Å². The second kappa shape index (κ2) is 5.99. The van der Waals surface area contributed by atoms with Gasteiger partial charge >= 0.3 is 6.09 Å². The molecule has 5 nitrogen and oxygen atoms in total. The first kappa shape index (κ1) is 14.9. The van der Waals surface area contributed by atoms with Crippen molar-refractivity contribution in [1.29, 1.82) is 0 Å². The van der Waals surface area contributed by atoms with Crippen LogP contribution in [0.1, 0.15) is 30.4 Å². The summed E-state index contributed by atoms with van der Waals surface area (Å²) >= 11 is 0. The maximum Gasteiger partial charge on any atom is 0.410 e. The van der Waals surface area contributed by atoms with Crippen molar-refractivity contribution in [2.45, 2.75) is 32.2 Å². The molecule has 1 aromatic rings. The summed E-state index contributed by atoms with van der Waals surface area (Å²) in [5.41, 5.74) is 2.52. The Morgan fingerprint density at radius 1 is 1.45 bits per heavy atom. The second-order valence-corrected chi connectivity index (χ2v) is 6.28. The fourth-order valence-corrected chi connectivity index (χ4v) is 3.15. The summed E-state index contributed by atoms with van der Waals surface area (Å²) in [6.45, 7) is 5.57. The van der Waals surface area contributed by atoms with Gasteiger partial charge in [-0.05, 0) is 37.3 Å². The van der Waals surface area contributed by atoms with Gasteiger partial charge in [-0.15, -0.1) is 0 Å². The summed E-state index contributed by atoms with van der Waals surface area (Å²) in [6, 6.07) is 8.18. The molecule has 3 rings (SSSR count). The van der Waals surface area contributed by atoms with E-state index in [4.69, 9.17) is 4.74 Å². The van der Waals surface area contributed by atoms with Gasteiger partial charge in [-0.2, -0.15) is 0 Å². The number of amides is 2. The number of carbonyl (C=O) groups is 2. The number of carbonyl (C=O) groups excluding carboxylic acids is 2. The highest BCUT2D eigenvalue weighted by Gasteiger charge is 2.44. The van der Waals surface area contributed by atoms with Crippen molar-refractivity contribution in [3.8, 4) is 0 Å². The predicted molar refractivity (Wildman–Crippen MR) is 82.6 cm³/mol. The topological polar surface area (TPSA) is 58.6 Å². The second-order valence-electron chi connectivity index (χ2n) is 6.28. The van der Waals surface area contributed by atoms with Crippen LogP contribution in [-0.4, -0.2) is 42.6 Å². The molecule has 0 bridgehead atoms. The van der Waals surface area contributed by atoms with Crippen molar-refractivity contribution in [2.24, 2.45) is 5.92 Å². The molecule has 118 valence electrons. The van der Waals surface area contributed by atoms with Crippen LogP contribution in [-0.2, 0) is 9.53 Å². The predicted octanol–water partition coefficient (Wildman–Crippen LogP) is 2.06. The molecule has 1 aliphatic heterocycles. The van der Waals surface area contributed by atoms with E-state index in [2.05, 4.69) is 24.4 Å². The normalized spacial score (nSPS) is 24.8. The Morgan fingerprint density at radius 2 is 2.23 bits per heavy atom. The molecule has 1 saturated carbocycles. The molecule has 0 unspecified atom stereocenters. The standard InChI is InChI=1S/C17H22N2O3/c1-11-5-3-4-6-13(11)14-9-15(14)16(20)18-12(2)10-19-7-8-22-17(19)21/h3-6,12,14-15H,7-10H2,1-2H3,(H,18,20)/t12-,14+,15+/m1/s1. The minimum atomic E-state index is -0.287. The summed E-state index contributed by atoms with van der Waals surface area (Å²) in [4.78, 5) is 25.4. The lowest BCUT2D eigenvalue weighted by Gasteiger charge is -2.19. The van der Waals surface area contributed by atoms with E-state index in [0.29, 0.717) is 25.6 Å². The van der Waals surface area contributed by atoms with Gasteiger partial charge in [-0.25, -0.2) is 4.79 Å². The molecule has 1 heterocycles. The van der Waals surface area contributed by atoms with Crippen molar-refractivity contribution >= 4 is 12.0 Å². The first-order chi connectivity index (χ1) is 10.6. The Balaban J connectivity index is 1.51. The Morgan fingerprint density at radius 3 is 2.91 bits per heavy atom. The summed E-state index contributed by atoms with van der Waals surface area (Å²) in [6.07, 6.45) is 0.625. The van der Waals surface area contributed by atoms with Gasteiger partial charge in [-0.3, -0.25) is 4.79 Å². The van der Waals surface area contributed by atoms with E-state index in [1.54, 1.807) is 4.90 Å². The lowest BCUT2D eigenvalue weighted by atomic mass is 10.0. The third kappa shape index (κ3) is 3.08. The van der Waals surface area contributed by atoms with Crippen molar-refractivity contribution in [3.63, 3.8) is 0 Å². The van der Waals surface area contributed by atoms with Gasteiger partial charge < -0.3 is 15.0 Å². The van der Waals surface area contributed by atoms with Crippen LogP contribution >= 0.6 is 0 Å². The van der Waals surface area contributed by atoms with Crippen LogP contribution in [0, 0.1) is 12.8 Å². The summed E-state index contributed by atoms with van der Waals surface area (Å²) < 4.78 is 4.89. The third-order valence-corrected chi connectivity index (χ3v) is 4.44. The first-order valence-electron chi connectivity index (χ1n) is 7.84. The maximum atomic E-state index is 12.3. The van der Waals surface area contributed by atoms with Crippen molar-refractivity contribution in [2.75, 3.05) is 19.7 Å². The molecule has 0 spiro atoms. The number of cyclic esters (lactones) is 1. The molecule has 0 aromatic heterocycles. The van der Waals surface area contributed by atoms with Gasteiger partial charge in [-0.1, -0.05) is 24.3 Å². The van der Waals surface area contributed by atoms with E-state index < -0.39 is 0 Å². The number of benzene rings is 1. The first-order valence-corrected chi connectivity index (χ1v) is 7.84. The highest BCUT2D eigenvalue weighted by molar-refractivity contribution is 5.83. The number of nitrogens with one attached hydrogen (secondary N) is 1. The van der Waals surface area contributed by atoms with E-state index in [1.165, 1.54) is 11.1 Å². The molecule has 22 heavy (non-hydrogen) atoms. The molecular weight excluding hydrogens is 280 g/mol. The SMILES string of the molecule is Cc1ccccc1[C@@H]1C[C@@H]1C(=O)N[C@H](C)CN1CCOC1=O. The van der Waals surface area contributed by atoms with Gasteiger partial charge in [0.1, 0.15) is 6.61 Å². The van der Waals surface area contributed by atoms with Gasteiger partial charge in [0, 0.05) is 18.5 Å². The lowest BCUT2D eigenvalue weighted by Crippen LogP contribution is -2.43. The minimum absolute atomic E-state index is 0.0590. The van der Waals surface area contributed by atoms with Crippen LogP contribution in [0.5, 0.6) is 0 Å². The monoisotopic (exact) mass is 302 g/mol. The molecule has 0 radical (unpaired) electrons. The fourth-order valence-electron chi connectivity index (χ4n) is 3.15. The minimum Gasteiger partial charge on any atom is -0.448 e. The fraction of sp³-hybridized carbons (Fsp3) is 0.529. The Kier molecular flexibility index (Phi) is 4.05. The van der Waals surface area contributed by atoms with E-state index in [0.717, 1.165) is 6.42 Å². The highest BCUT2D eigenvalue weighted by atomic mass is 16.6. The molecule has 1 saturated heterocycles. The smallest absolute Gasteiger partial charge is 0.410 e. The molecule has 3 atom stereocenters. The molecule has 1 aliphatic carbocycles. The summed E-state index contributed by atoms with van der Waals surface area (Å²) in [7, 11) is 0. The van der Waals surface area contributed by atoms with Crippen LogP contribution in [0.4, 0.5) is 4.79 Å². The lowest BCUT2D eigenvalue weighted by molar-refractivity contribution is -0.123. The summed E-state index contributed by atoms with van der Waals surface area (Å²) in [5, 5.41) is 3.02. The number of aryl methyl sites for hydroxylation is 1. The quantitative estimate of drug-likeness (QED) is 0.905. The largest absolute Gasteiger partial charge is 0.448 e. The Labute approximate surface area is 130 Å². The van der Waals surface area contributed by atoms with E-state index in [1.807, 2.05) is 19.1 Å². The van der Waals surface area contributed by atoms with Crippen molar-refractivity contribution in [3.05, 3.63) is 35.4 Å². The van der Waals surface area contributed by atoms with E-state index in [9.17, 15) is 9.59 Å². The average Bonchev–Trinajstić information content (AvgIpc) is 3.18. The van der Waals surface area contributed by atoms with Crippen LogP contribution < -0.4 is 5.32 Å². The summed E-state index contributed by atoms with van der Waals surface area (Å²) in [5.74, 6) is 0.493. The molecule has 2 amide bonds. The van der Waals surface area contributed by atoms with Gasteiger partial charge in [0.25, 0.3) is 0 Å². The molecule has 5 heteroatoms.